The monoisotopic (exact) mass is 494 g/mol. The van der Waals surface area contributed by atoms with Gasteiger partial charge >= 0.3 is 6.03 Å². The van der Waals surface area contributed by atoms with Crippen LogP contribution in [0.3, 0.4) is 0 Å². The van der Waals surface area contributed by atoms with Gasteiger partial charge in [0.2, 0.25) is 0 Å². The average molecular weight is 495 g/mol. The number of hydrogen-bond acceptors (Lipinski definition) is 4. The Morgan fingerprint density at radius 3 is 2.51 bits per heavy atom. The SMILES string of the molecule is O=C(Nc1ccc([N+](=O)[O-])cc1)N1CC2(CCN(Cc3cccc(Cl)c3)CC2)c2cc(F)ccc21. The second-order valence-electron chi connectivity index (χ2n) is 9.17. The quantitative estimate of drug-likeness (QED) is 0.358. The van der Waals surface area contributed by atoms with Crippen LogP contribution in [0, 0.1) is 15.9 Å². The van der Waals surface area contributed by atoms with Crippen molar-refractivity contribution in [2.45, 2.75) is 24.8 Å². The third-order valence-corrected chi connectivity index (χ3v) is 7.20. The van der Waals surface area contributed by atoms with Crippen LogP contribution in [-0.4, -0.2) is 35.5 Å². The molecular weight excluding hydrogens is 471 g/mol. The van der Waals surface area contributed by atoms with E-state index in [4.69, 9.17) is 11.6 Å². The van der Waals surface area contributed by atoms with E-state index in [1.54, 1.807) is 17.0 Å². The largest absolute Gasteiger partial charge is 0.326 e. The van der Waals surface area contributed by atoms with E-state index in [0.717, 1.165) is 43.6 Å². The number of hydrogen-bond donors (Lipinski definition) is 1. The van der Waals surface area contributed by atoms with Gasteiger partial charge in [-0.3, -0.25) is 19.9 Å². The number of halogens is 2. The topological polar surface area (TPSA) is 78.7 Å². The van der Waals surface area contributed by atoms with Crippen LogP contribution in [0.25, 0.3) is 0 Å². The Hall–Kier alpha value is -3.49. The molecule has 9 heteroatoms. The maximum absolute atomic E-state index is 14.3. The Balaban J connectivity index is 1.32. The number of urea groups is 1. The van der Waals surface area contributed by atoms with Crippen molar-refractivity contribution < 1.29 is 14.1 Å². The molecule has 2 aliphatic rings. The van der Waals surface area contributed by atoms with E-state index in [2.05, 4.69) is 16.3 Å². The zero-order valence-corrected chi connectivity index (χ0v) is 19.7. The van der Waals surface area contributed by atoms with Crippen molar-refractivity contribution in [3.63, 3.8) is 0 Å². The van der Waals surface area contributed by atoms with Crippen molar-refractivity contribution in [2.24, 2.45) is 0 Å². The predicted molar refractivity (Wildman–Crippen MR) is 134 cm³/mol. The van der Waals surface area contributed by atoms with Crippen LogP contribution in [0.1, 0.15) is 24.0 Å². The Morgan fingerprint density at radius 2 is 1.83 bits per heavy atom. The van der Waals surface area contributed by atoms with Gasteiger partial charge in [-0.1, -0.05) is 23.7 Å². The summed E-state index contributed by atoms with van der Waals surface area (Å²) in [4.78, 5) is 27.6. The van der Waals surface area contributed by atoms with Crippen LogP contribution >= 0.6 is 11.6 Å². The van der Waals surface area contributed by atoms with E-state index in [1.807, 2.05) is 18.2 Å². The molecule has 1 fully saturated rings. The molecule has 0 aromatic heterocycles. The van der Waals surface area contributed by atoms with Gasteiger partial charge in [0, 0.05) is 47.0 Å². The van der Waals surface area contributed by atoms with Crippen LogP contribution in [0.2, 0.25) is 5.02 Å². The maximum Gasteiger partial charge on any atom is 0.326 e. The molecule has 1 saturated heterocycles. The van der Waals surface area contributed by atoms with E-state index in [9.17, 15) is 19.3 Å². The second kappa shape index (κ2) is 9.28. The zero-order valence-electron chi connectivity index (χ0n) is 18.9. The number of nitro groups is 1. The highest BCUT2D eigenvalue weighted by molar-refractivity contribution is 6.30. The highest BCUT2D eigenvalue weighted by Crippen LogP contribution is 2.47. The Morgan fingerprint density at radius 1 is 1.09 bits per heavy atom. The van der Waals surface area contributed by atoms with Crippen molar-refractivity contribution in [3.8, 4) is 0 Å². The van der Waals surface area contributed by atoms with Crippen molar-refractivity contribution in [1.82, 2.24) is 4.90 Å². The van der Waals surface area contributed by atoms with Crippen molar-refractivity contribution in [2.75, 3.05) is 29.9 Å². The van der Waals surface area contributed by atoms with Gasteiger partial charge in [-0.05, 0) is 79.5 Å². The van der Waals surface area contributed by atoms with Gasteiger partial charge < -0.3 is 5.32 Å². The van der Waals surface area contributed by atoms with Crippen LogP contribution in [0.15, 0.2) is 66.7 Å². The molecule has 180 valence electrons. The number of nitrogens with zero attached hydrogens (tertiary/aromatic N) is 3. The summed E-state index contributed by atoms with van der Waals surface area (Å²) in [7, 11) is 0. The van der Waals surface area contributed by atoms with E-state index in [0.29, 0.717) is 22.9 Å². The molecule has 0 bridgehead atoms. The summed E-state index contributed by atoms with van der Waals surface area (Å²) in [6.45, 7) is 2.88. The molecule has 3 aromatic rings. The number of benzene rings is 3. The first-order valence-corrected chi connectivity index (χ1v) is 11.8. The molecule has 0 atom stereocenters. The summed E-state index contributed by atoms with van der Waals surface area (Å²) in [5.74, 6) is -0.317. The zero-order chi connectivity index (χ0) is 24.6. The molecule has 0 aliphatic carbocycles. The van der Waals surface area contributed by atoms with Crippen LogP contribution in [-0.2, 0) is 12.0 Å². The standard InChI is InChI=1S/C26H24ClFN4O3/c27-19-3-1-2-18(14-19)16-30-12-10-26(11-13-30)17-31(24-9-4-20(28)15-23(24)26)25(33)29-21-5-7-22(8-6-21)32(34)35/h1-9,14-15H,10-13,16-17H2,(H,29,33). The molecule has 2 aliphatic heterocycles. The lowest BCUT2D eigenvalue weighted by atomic mass is 9.74. The fourth-order valence-corrected chi connectivity index (χ4v) is 5.35. The Bertz CT molecular complexity index is 1280. The summed E-state index contributed by atoms with van der Waals surface area (Å²) in [5, 5.41) is 14.4. The first-order chi connectivity index (χ1) is 16.8. The lowest BCUT2D eigenvalue weighted by Crippen LogP contribution is -2.46. The first kappa shape index (κ1) is 23.3. The molecule has 0 radical (unpaired) electrons. The third-order valence-electron chi connectivity index (χ3n) is 6.96. The number of likely N-dealkylation sites (tertiary alicyclic amines) is 1. The van der Waals surface area contributed by atoms with Gasteiger partial charge in [-0.15, -0.1) is 0 Å². The number of piperidine rings is 1. The predicted octanol–water partition coefficient (Wildman–Crippen LogP) is 5.97. The van der Waals surface area contributed by atoms with Gasteiger partial charge in [0.05, 0.1) is 4.92 Å². The van der Waals surface area contributed by atoms with Crippen molar-refractivity contribution >= 4 is 34.7 Å². The number of carbonyl (C=O) groups excluding carboxylic acids is 1. The highest BCUT2D eigenvalue weighted by Gasteiger charge is 2.46. The minimum absolute atomic E-state index is 0.0477. The average Bonchev–Trinajstić information content (AvgIpc) is 3.14. The molecule has 1 N–H and O–H groups in total. The number of amides is 2. The molecular formula is C26H24ClFN4O3. The summed E-state index contributed by atoms with van der Waals surface area (Å²) in [6.07, 6.45) is 1.59. The number of carbonyl (C=O) groups is 1. The summed E-state index contributed by atoms with van der Waals surface area (Å²) in [5.41, 5.74) is 2.80. The summed E-state index contributed by atoms with van der Waals surface area (Å²) >= 11 is 6.13. The second-order valence-corrected chi connectivity index (χ2v) is 9.60. The van der Waals surface area contributed by atoms with Gasteiger partial charge in [0.25, 0.3) is 5.69 Å². The molecule has 3 aromatic carbocycles. The van der Waals surface area contributed by atoms with Gasteiger partial charge in [-0.25, -0.2) is 9.18 Å². The molecule has 0 unspecified atom stereocenters. The fraction of sp³-hybridized carbons (Fsp3) is 0.269. The van der Waals surface area contributed by atoms with E-state index < -0.39 is 4.92 Å². The van der Waals surface area contributed by atoms with E-state index in [1.165, 1.54) is 30.3 Å². The molecule has 0 saturated carbocycles. The summed E-state index contributed by atoms with van der Waals surface area (Å²) < 4.78 is 14.3. The normalized spacial score (nSPS) is 16.8. The third kappa shape index (κ3) is 4.72. The number of anilines is 2. The van der Waals surface area contributed by atoms with Crippen molar-refractivity contribution in [3.05, 3.63) is 98.8 Å². The minimum atomic E-state index is -0.487. The van der Waals surface area contributed by atoms with Gasteiger partial charge in [-0.2, -0.15) is 0 Å². The first-order valence-electron chi connectivity index (χ1n) is 11.4. The number of rotatable bonds is 4. The Labute approximate surface area is 207 Å². The molecule has 7 nitrogen and oxygen atoms in total. The molecule has 5 rings (SSSR count). The maximum atomic E-state index is 14.3. The Kier molecular flexibility index (Phi) is 6.17. The highest BCUT2D eigenvalue weighted by atomic mass is 35.5. The van der Waals surface area contributed by atoms with Gasteiger partial charge in [0.1, 0.15) is 5.82 Å². The molecule has 35 heavy (non-hydrogen) atoms. The fourth-order valence-electron chi connectivity index (χ4n) is 5.14. The van der Waals surface area contributed by atoms with Crippen molar-refractivity contribution in [1.29, 1.82) is 0 Å². The van der Waals surface area contributed by atoms with Crippen LogP contribution in [0.4, 0.5) is 26.2 Å². The number of non-ortho nitro benzene ring substituents is 1. The number of nitro benzene ring substituents is 1. The molecule has 1 spiro atoms. The van der Waals surface area contributed by atoms with Crippen LogP contribution in [0.5, 0.6) is 0 Å². The number of fused-ring (bicyclic) bond motifs is 2. The molecule has 2 heterocycles. The lowest BCUT2D eigenvalue weighted by molar-refractivity contribution is -0.384. The smallest absolute Gasteiger partial charge is 0.308 e. The van der Waals surface area contributed by atoms with Gasteiger partial charge in [0.15, 0.2) is 0 Å². The minimum Gasteiger partial charge on any atom is -0.308 e. The van der Waals surface area contributed by atoms with E-state index in [-0.39, 0.29) is 23.0 Å². The lowest BCUT2D eigenvalue weighted by Gasteiger charge is -2.40. The van der Waals surface area contributed by atoms with Crippen LogP contribution < -0.4 is 10.2 Å². The molecule has 2 amide bonds. The summed E-state index contributed by atoms with van der Waals surface area (Å²) in [6, 6.07) is 17.8. The van der Waals surface area contributed by atoms with E-state index >= 15 is 0 Å². The number of nitrogens with one attached hydrogen (secondary N) is 1.